The van der Waals surface area contributed by atoms with Crippen molar-refractivity contribution in [2.75, 3.05) is 47.3 Å². The van der Waals surface area contributed by atoms with Gasteiger partial charge in [-0.2, -0.15) is 0 Å². The molecule has 10 nitrogen and oxygen atoms in total. The van der Waals surface area contributed by atoms with E-state index in [2.05, 4.69) is 28.5 Å². The number of rotatable bonds is 7. The molecular weight excluding hydrogens is 579 g/mol. The first kappa shape index (κ1) is 32.1. The van der Waals surface area contributed by atoms with Gasteiger partial charge in [-0.25, -0.2) is 4.79 Å². The summed E-state index contributed by atoms with van der Waals surface area (Å²) in [7, 11) is 4.84. The monoisotopic (exact) mass is 626 g/mol. The molecule has 3 aromatic rings. The summed E-state index contributed by atoms with van der Waals surface area (Å²) in [6.07, 6.45) is 6.36. The average Bonchev–Trinajstić information content (AvgIpc) is 3.62. The number of H-pyrrole nitrogens is 1. The van der Waals surface area contributed by atoms with Crippen LogP contribution in [-0.4, -0.2) is 114 Å². The summed E-state index contributed by atoms with van der Waals surface area (Å²) < 4.78 is 0. The average molecular weight is 627 g/mol. The summed E-state index contributed by atoms with van der Waals surface area (Å²) in [5.41, 5.74) is 4.19. The van der Waals surface area contributed by atoms with Crippen molar-refractivity contribution in [3.05, 3.63) is 71.4 Å². The summed E-state index contributed by atoms with van der Waals surface area (Å²) in [6.45, 7) is 4.29. The number of likely N-dealkylation sites (N-methyl/N-ethyl adjacent to an activating group) is 2. The fourth-order valence-electron chi connectivity index (χ4n) is 8.05. The van der Waals surface area contributed by atoms with Crippen LogP contribution in [0.4, 0.5) is 4.79 Å². The first-order valence-electron chi connectivity index (χ1n) is 16.7. The Hall–Kier alpha value is -3.83. The number of amides is 4. The SMILES string of the molecule is CB(O)N1CCCC(N(C)C(=O)NC(Cc2c[nH]c3ccccc23)C(=O)N2CCC3(CC2)C[C@@H](C(=O)N(C)C)c2ccccc23)C1. The lowest BCUT2D eigenvalue weighted by atomic mass is 9.73. The largest absolute Gasteiger partial charge is 0.437 e. The third-order valence-electron chi connectivity index (χ3n) is 10.8. The number of nitrogens with one attached hydrogen (secondary N) is 2. The van der Waals surface area contributed by atoms with E-state index < -0.39 is 13.1 Å². The van der Waals surface area contributed by atoms with Gasteiger partial charge >= 0.3 is 13.1 Å². The number of hydrogen-bond acceptors (Lipinski definition) is 5. The van der Waals surface area contributed by atoms with E-state index in [4.69, 9.17) is 0 Å². The molecule has 1 aromatic heterocycles. The fraction of sp³-hybridized carbons (Fsp3) is 0.514. The Morgan fingerprint density at radius 3 is 2.52 bits per heavy atom. The maximum absolute atomic E-state index is 14.3. The molecule has 244 valence electrons. The topological polar surface area (TPSA) is 112 Å². The summed E-state index contributed by atoms with van der Waals surface area (Å²) in [4.78, 5) is 51.8. The van der Waals surface area contributed by atoms with Crippen LogP contribution in [0.1, 0.15) is 54.7 Å². The predicted molar refractivity (Wildman–Crippen MR) is 181 cm³/mol. The van der Waals surface area contributed by atoms with Crippen LogP contribution < -0.4 is 5.32 Å². The smallest absolute Gasteiger partial charge is 0.376 e. The zero-order valence-electron chi connectivity index (χ0n) is 27.5. The minimum absolute atomic E-state index is 0.0534. The Morgan fingerprint density at radius 2 is 1.78 bits per heavy atom. The fourth-order valence-corrected chi connectivity index (χ4v) is 8.05. The predicted octanol–water partition coefficient (Wildman–Crippen LogP) is 3.43. The Labute approximate surface area is 272 Å². The molecule has 2 unspecified atom stereocenters. The second kappa shape index (κ2) is 13.1. The van der Waals surface area contributed by atoms with Crippen molar-refractivity contribution in [2.24, 2.45) is 0 Å². The van der Waals surface area contributed by atoms with Gasteiger partial charge in [0.05, 0.1) is 5.92 Å². The number of urea groups is 1. The van der Waals surface area contributed by atoms with Crippen molar-refractivity contribution in [3.8, 4) is 0 Å². The van der Waals surface area contributed by atoms with Crippen molar-refractivity contribution < 1.29 is 19.4 Å². The van der Waals surface area contributed by atoms with Crippen LogP contribution in [0.5, 0.6) is 0 Å². The van der Waals surface area contributed by atoms with E-state index in [1.165, 1.54) is 5.56 Å². The van der Waals surface area contributed by atoms with Gasteiger partial charge in [0.25, 0.3) is 0 Å². The summed E-state index contributed by atoms with van der Waals surface area (Å²) >= 11 is 0. The number of para-hydroxylation sites is 1. The van der Waals surface area contributed by atoms with Crippen molar-refractivity contribution in [1.82, 2.24) is 29.8 Å². The Morgan fingerprint density at radius 1 is 1.07 bits per heavy atom. The molecule has 2 saturated heterocycles. The minimum atomic E-state index is -0.737. The van der Waals surface area contributed by atoms with Gasteiger partial charge in [0.2, 0.25) is 11.8 Å². The van der Waals surface area contributed by atoms with E-state index in [1.807, 2.05) is 60.3 Å². The van der Waals surface area contributed by atoms with E-state index in [-0.39, 0.29) is 35.2 Å². The normalized spacial score (nSPS) is 21.5. The van der Waals surface area contributed by atoms with Crippen molar-refractivity contribution in [2.45, 2.75) is 68.8 Å². The van der Waals surface area contributed by atoms with Gasteiger partial charge in [0, 0.05) is 75.8 Å². The van der Waals surface area contributed by atoms with Crippen LogP contribution in [0.25, 0.3) is 10.9 Å². The van der Waals surface area contributed by atoms with Crippen molar-refractivity contribution in [1.29, 1.82) is 0 Å². The van der Waals surface area contributed by atoms with Gasteiger partial charge in [-0.1, -0.05) is 42.5 Å². The van der Waals surface area contributed by atoms with Crippen LogP contribution in [-0.2, 0) is 21.4 Å². The number of fused-ring (bicyclic) bond motifs is 3. The van der Waals surface area contributed by atoms with E-state index >= 15 is 0 Å². The molecule has 3 atom stereocenters. The van der Waals surface area contributed by atoms with Crippen LogP contribution >= 0.6 is 0 Å². The Bertz CT molecular complexity index is 1580. The number of carbonyl (C=O) groups excluding carboxylic acids is 3. The van der Waals surface area contributed by atoms with Crippen molar-refractivity contribution >= 4 is 35.8 Å². The minimum Gasteiger partial charge on any atom is -0.437 e. The van der Waals surface area contributed by atoms with Gasteiger partial charge in [-0.3, -0.25) is 9.59 Å². The molecule has 4 amide bonds. The highest BCUT2D eigenvalue weighted by Gasteiger charge is 2.48. The number of hydrogen-bond donors (Lipinski definition) is 3. The maximum Gasteiger partial charge on any atom is 0.376 e. The Balaban J connectivity index is 1.20. The van der Waals surface area contributed by atoms with Crippen LogP contribution in [0, 0.1) is 0 Å². The second-order valence-electron chi connectivity index (χ2n) is 13.8. The van der Waals surface area contributed by atoms with Crippen LogP contribution in [0.2, 0.25) is 6.82 Å². The molecule has 2 aromatic carbocycles. The highest BCUT2D eigenvalue weighted by Crippen LogP contribution is 2.52. The molecule has 46 heavy (non-hydrogen) atoms. The second-order valence-corrected chi connectivity index (χ2v) is 13.8. The highest BCUT2D eigenvalue weighted by atomic mass is 16.2. The molecule has 0 radical (unpaired) electrons. The molecule has 3 aliphatic rings. The lowest BCUT2D eigenvalue weighted by molar-refractivity contribution is -0.135. The summed E-state index contributed by atoms with van der Waals surface area (Å²) in [5.74, 6) is -0.117. The quantitative estimate of drug-likeness (QED) is 0.348. The van der Waals surface area contributed by atoms with E-state index in [0.29, 0.717) is 26.1 Å². The Kier molecular flexibility index (Phi) is 9.16. The van der Waals surface area contributed by atoms with Crippen molar-refractivity contribution in [3.63, 3.8) is 0 Å². The molecule has 3 N–H and O–H groups in total. The van der Waals surface area contributed by atoms with Gasteiger partial charge < -0.3 is 34.8 Å². The molecule has 11 heteroatoms. The van der Waals surface area contributed by atoms with Gasteiger partial charge in [0.15, 0.2) is 0 Å². The number of benzene rings is 2. The number of aromatic amines is 1. The number of likely N-dealkylation sites (tertiary alicyclic amines) is 1. The number of carbonyl (C=O) groups is 3. The summed E-state index contributed by atoms with van der Waals surface area (Å²) in [5, 5.41) is 14.3. The van der Waals surface area contributed by atoms with Crippen LogP contribution in [0.15, 0.2) is 54.7 Å². The molecule has 2 aliphatic heterocycles. The third-order valence-corrected chi connectivity index (χ3v) is 10.8. The lowest BCUT2D eigenvalue weighted by Crippen LogP contribution is -2.58. The summed E-state index contributed by atoms with van der Waals surface area (Å²) in [6, 6.07) is 15.3. The first-order chi connectivity index (χ1) is 22.1. The number of nitrogens with zero attached hydrogens (tertiary/aromatic N) is 4. The third kappa shape index (κ3) is 6.14. The zero-order chi connectivity index (χ0) is 32.6. The number of piperidine rings is 2. The zero-order valence-corrected chi connectivity index (χ0v) is 27.5. The molecular formula is C35H47BN6O4. The lowest BCUT2D eigenvalue weighted by Gasteiger charge is -2.42. The molecule has 3 heterocycles. The number of aromatic nitrogens is 1. The molecule has 0 bridgehead atoms. The van der Waals surface area contributed by atoms with E-state index in [0.717, 1.165) is 60.7 Å². The van der Waals surface area contributed by atoms with Gasteiger partial charge in [-0.15, -0.1) is 0 Å². The molecule has 6 rings (SSSR count). The van der Waals surface area contributed by atoms with Gasteiger partial charge in [0.1, 0.15) is 6.04 Å². The van der Waals surface area contributed by atoms with Gasteiger partial charge in [-0.05, 0) is 68.2 Å². The molecule has 1 aliphatic carbocycles. The van der Waals surface area contributed by atoms with E-state index in [1.54, 1.807) is 23.7 Å². The first-order valence-corrected chi connectivity index (χ1v) is 16.7. The standard InChI is InChI=1S/C35H47BN6O4/c1-36(46)42-17-9-10-25(23-42)40(4)34(45)38-31(20-24-22-37-30-14-8-6-11-26(24)30)33(44)41-18-15-35(16-19-41)21-28(32(43)39(2)3)27-12-5-7-13-29(27)35/h5-8,11-14,22,25,28,31,37,46H,9-10,15-21,23H2,1-4H3,(H,38,45)/t25?,28-,31?/m1/s1. The molecule has 2 fully saturated rings. The molecule has 1 spiro atoms. The maximum atomic E-state index is 14.3. The van der Waals surface area contributed by atoms with E-state index in [9.17, 15) is 19.4 Å². The highest BCUT2D eigenvalue weighted by molar-refractivity contribution is 6.45. The molecule has 0 saturated carbocycles. The van der Waals surface area contributed by atoms with Crippen LogP contribution in [0.3, 0.4) is 0 Å².